The molecule has 1 aliphatic heterocycles. The first-order chi connectivity index (χ1) is 13.6. The Kier molecular flexibility index (Phi) is 5.41. The van der Waals surface area contributed by atoms with Crippen molar-refractivity contribution in [2.24, 2.45) is 0 Å². The summed E-state index contributed by atoms with van der Waals surface area (Å²) in [6.45, 7) is 5.49. The van der Waals surface area contributed by atoms with Crippen LogP contribution in [0.3, 0.4) is 0 Å². The molecule has 1 aromatic heterocycles. The average Bonchev–Trinajstić information content (AvgIpc) is 3.07. The maximum atomic E-state index is 14.0. The minimum Gasteiger partial charge on any atom is -0.448 e. The molecule has 2 aromatic carbocycles. The Labute approximate surface area is 163 Å². The summed E-state index contributed by atoms with van der Waals surface area (Å²) in [5.41, 5.74) is 1.78. The van der Waals surface area contributed by atoms with Crippen LogP contribution in [0, 0.1) is 12.7 Å². The lowest BCUT2D eigenvalue weighted by atomic mass is 10.1. The van der Waals surface area contributed by atoms with Crippen LogP contribution in [-0.2, 0) is 4.74 Å². The van der Waals surface area contributed by atoms with Gasteiger partial charge in [-0.3, -0.25) is 9.69 Å². The van der Waals surface area contributed by atoms with Crippen molar-refractivity contribution < 1.29 is 18.3 Å². The van der Waals surface area contributed by atoms with Crippen LogP contribution in [0.25, 0.3) is 11.0 Å². The zero-order valence-corrected chi connectivity index (χ0v) is 15.8. The number of hydrogen-bond donors (Lipinski definition) is 1. The van der Waals surface area contributed by atoms with E-state index in [1.165, 1.54) is 6.07 Å². The van der Waals surface area contributed by atoms with E-state index in [1.54, 1.807) is 19.1 Å². The lowest BCUT2D eigenvalue weighted by molar-refractivity contribution is 0.0331. The largest absolute Gasteiger partial charge is 0.448 e. The smallest absolute Gasteiger partial charge is 0.287 e. The zero-order chi connectivity index (χ0) is 19.5. The molecule has 1 amide bonds. The molecule has 0 unspecified atom stereocenters. The van der Waals surface area contributed by atoms with Crippen molar-refractivity contribution in [2.75, 3.05) is 32.8 Å². The molecule has 2 heterocycles. The van der Waals surface area contributed by atoms with Gasteiger partial charge in [-0.15, -0.1) is 0 Å². The molecule has 1 aliphatic rings. The molecule has 0 spiro atoms. The standard InChI is InChI=1S/C22H23FN2O3/c1-15-17-8-5-9-18(23)21(17)28-20(15)22(26)24-19(16-6-3-2-4-7-16)14-25-10-12-27-13-11-25/h2-9,19H,10-14H2,1H3,(H,24,26)/t19-/m0/s1. The van der Waals surface area contributed by atoms with Gasteiger partial charge in [0.2, 0.25) is 0 Å². The summed E-state index contributed by atoms with van der Waals surface area (Å²) in [7, 11) is 0. The molecular formula is C22H23FN2O3. The SMILES string of the molecule is Cc1c(C(=O)N[C@@H](CN2CCOCC2)c2ccccc2)oc2c(F)cccc12. The van der Waals surface area contributed by atoms with E-state index in [0.717, 1.165) is 18.7 Å². The highest BCUT2D eigenvalue weighted by Crippen LogP contribution is 2.28. The van der Waals surface area contributed by atoms with Crippen molar-refractivity contribution in [1.29, 1.82) is 0 Å². The van der Waals surface area contributed by atoms with E-state index in [9.17, 15) is 9.18 Å². The monoisotopic (exact) mass is 382 g/mol. The van der Waals surface area contributed by atoms with Gasteiger partial charge in [0.1, 0.15) is 0 Å². The van der Waals surface area contributed by atoms with Crippen LogP contribution >= 0.6 is 0 Å². The van der Waals surface area contributed by atoms with Gasteiger partial charge in [0.05, 0.1) is 19.3 Å². The van der Waals surface area contributed by atoms with E-state index in [-0.39, 0.29) is 23.3 Å². The maximum Gasteiger partial charge on any atom is 0.287 e. The van der Waals surface area contributed by atoms with Crippen LogP contribution in [0.15, 0.2) is 52.9 Å². The number of para-hydroxylation sites is 1. The summed E-state index contributed by atoms with van der Waals surface area (Å²) in [4.78, 5) is 15.3. The first kappa shape index (κ1) is 18.7. The molecule has 28 heavy (non-hydrogen) atoms. The van der Waals surface area contributed by atoms with Crippen LogP contribution in [0.4, 0.5) is 4.39 Å². The summed E-state index contributed by atoms with van der Waals surface area (Å²) in [5, 5.41) is 3.70. The Balaban J connectivity index is 1.60. The third-order valence-corrected chi connectivity index (χ3v) is 5.17. The van der Waals surface area contributed by atoms with Crippen LogP contribution in [0.1, 0.15) is 27.7 Å². The first-order valence-corrected chi connectivity index (χ1v) is 9.47. The normalized spacial score (nSPS) is 16.2. The lowest BCUT2D eigenvalue weighted by Crippen LogP contribution is -2.43. The maximum absolute atomic E-state index is 14.0. The number of aryl methyl sites for hydroxylation is 1. The van der Waals surface area contributed by atoms with Gasteiger partial charge in [0, 0.05) is 30.6 Å². The first-order valence-electron chi connectivity index (χ1n) is 9.47. The van der Waals surface area contributed by atoms with Crippen molar-refractivity contribution in [3.63, 3.8) is 0 Å². The lowest BCUT2D eigenvalue weighted by Gasteiger charge is -2.31. The minimum atomic E-state index is -0.465. The van der Waals surface area contributed by atoms with Crippen LogP contribution in [0.5, 0.6) is 0 Å². The van der Waals surface area contributed by atoms with Crippen molar-refractivity contribution in [3.05, 3.63) is 71.2 Å². The molecule has 0 aliphatic carbocycles. The van der Waals surface area contributed by atoms with E-state index in [4.69, 9.17) is 9.15 Å². The highest BCUT2D eigenvalue weighted by Gasteiger charge is 2.24. The number of hydrogen-bond acceptors (Lipinski definition) is 4. The summed E-state index contributed by atoms with van der Waals surface area (Å²) in [6, 6.07) is 14.4. The van der Waals surface area contributed by atoms with Crippen molar-refractivity contribution in [1.82, 2.24) is 10.2 Å². The molecule has 6 heteroatoms. The molecule has 0 bridgehead atoms. The topological polar surface area (TPSA) is 54.7 Å². The molecule has 1 N–H and O–H groups in total. The van der Waals surface area contributed by atoms with Gasteiger partial charge >= 0.3 is 0 Å². The summed E-state index contributed by atoms with van der Waals surface area (Å²) in [6.07, 6.45) is 0. The van der Waals surface area contributed by atoms with Gasteiger partial charge in [0.25, 0.3) is 5.91 Å². The number of halogens is 1. The number of carbonyl (C=O) groups excluding carboxylic acids is 1. The Hall–Kier alpha value is -2.70. The van der Waals surface area contributed by atoms with Crippen molar-refractivity contribution in [2.45, 2.75) is 13.0 Å². The van der Waals surface area contributed by atoms with Gasteiger partial charge in [-0.05, 0) is 18.6 Å². The molecule has 1 atom stereocenters. The van der Waals surface area contributed by atoms with Gasteiger partial charge in [0.15, 0.2) is 17.2 Å². The van der Waals surface area contributed by atoms with Crippen molar-refractivity contribution in [3.8, 4) is 0 Å². The fourth-order valence-electron chi connectivity index (χ4n) is 3.61. The van der Waals surface area contributed by atoms with Gasteiger partial charge in [-0.1, -0.05) is 42.5 Å². The number of furan rings is 1. The molecular weight excluding hydrogens is 359 g/mol. The van der Waals surface area contributed by atoms with E-state index in [0.29, 0.717) is 30.7 Å². The molecule has 0 radical (unpaired) electrons. The number of amides is 1. The fourth-order valence-corrected chi connectivity index (χ4v) is 3.61. The number of nitrogens with zero attached hydrogens (tertiary/aromatic N) is 1. The molecule has 1 fully saturated rings. The van der Waals surface area contributed by atoms with Gasteiger partial charge in [-0.2, -0.15) is 0 Å². The second-order valence-corrected chi connectivity index (χ2v) is 7.02. The number of rotatable bonds is 5. The van der Waals surface area contributed by atoms with E-state index in [2.05, 4.69) is 10.2 Å². The van der Waals surface area contributed by atoms with Crippen molar-refractivity contribution >= 4 is 16.9 Å². The number of ether oxygens (including phenoxy) is 1. The van der Waals surface area contributed by atoms with Gasteiger partial charge in [-0.25, -0.2) is 4.39 Å². The second-order valence-electron chi connectivity index (χ2n) is 7.02. The highest BCUT2D eigenvalue weighted by atomic mass is 19.1. The summed E-state index contributed by atoms with van der Waals surface area (Å²) < 4.78 is 25.1. The van der Waals surface area contributed by atoms with Crippen LogP contribution < -0.4 is 5.32 Å². The van der Waals surface area contributed by atoms with E-state index in [1.807, 2.05) is 30.3 Å². The van der Waals surface area contributed by atoms with E-state index >= 15 is 0 Å². The molecule has 3 aromatic rings. The molecule has 0 saturated carbocycles. The minimum absolute atomic E-state index is 0.120. The quantitative estimate of drug-likeness (QED) is 0.731. The number of morpholine rings is 1. The highest BCUT2D eigenvalue weighted by molar-refractivity contribution is 5.99. The Morgan fingerprint density at radius 3 is 2.61 bits per heavy atom. The van der Waals surface area contributed by atoms with Gasteiger partial charge < -0.3 is 14.5 Å². The fraction of sp³-hybridized carbons (Fsp3) is 0.318. The number of benzene rings is 2. The third kappa shape index (κ3) is 3.79. The van der Waals surface area contributed by atoms with Crippen LogP contribution in [0.2, 0.25) is 0 Å². The third-order valence-electron chi connectivity index (χ3n) is 5.17. The Bertz CT molecular complexity index is 965. The van der Waals surface area contributed by atoms with E-state index < -0.39 is 5.82 Å². The Morgan fingerprint density at radius 1 is 1.14 bits per heavy atom. The molecule has 4 rings (SSSR count). The predicted octanol–water partition coefficient (Wildman–Crippen LogP) is 3.68. The molecule has 5 nitrogen and oxygen atoms in total. The number of nitrogens with one attached hydrogen (secondary N) is 1. The molecule has 1 saturated heterocycles. The average molecular weight is 382 g/mol. The predicted molar refractivity (Wildman–Crippen MR) is 105 cm³/mol. The number of fused-ring (bicyclic) bond motifs is 1. The van der Waals surface area contributed by atoms with Crippen LogP contribution in [-0.4, -0.2) is 43.7 Å². The Morgan fingerprint density at radius 2 is 1.89 bits per heavy atom. The summed E-state index contributed by atoms with van der Waals surface area (Å²) in [5.74, 6) is -0.647. The summed E-state index contributed by atoms with van der Waals surface area (Å²) >= 11 is 0. The second kappa shape index (κ2) is 8.12. The molecule has 146 valence electrons. The zero-order valence-electron chi connectivity index (χ0n) is 15.8. The number of carbonyl (C=O) groups is 1.